The summed E-state index contributed by atoms with van der Waals surface area (Å²) in [7, 11) is 0. The first-order valence-corrected chi connectivity index (χ1v) is 5.22. The summed E-state index contributed by atoms with van der Waals surface area (Å²) in [5.74, 6) is -0.0995. The largest absolute Gasteiger partial charge is 0.353 e. The number of amides is 1. The van der Waals surface area contributed by atoms with Crippen molar-refractivity contribution in [3.05, 3.63) is 0 Å². The van der Waals surface area contributed by atoms with E-state index in [9.17, 15) is 9.18 Å². The molecule has 0 bridgehead atoms. The van der Waals surface area contributed by atoms with Crippen LogP contribution in [0.15, 0.2) is 0 Å². The highest BCUT2D eigenvalue weighted by molar-refractivity contribution is 5.85. The van der Waals surface area contributed by atoms with Gasteiger partial charge in [-0.25, -0.2) is 4.39 Å². The molecule has 0 aliphatic carbocycles. The summed E-state index contributed by atoms with van der Waals surface area (Å²) in [6, 6.07) is 0. The van der Waals surface area contributed by atoms with Gasteiger partial charge in [-0.2, -0.15) is 0 Å². The van der Waals surface area contributed by atoms with Crippen LogP contribution in [0.25, 0.3) is 0 Å². The number of piperidine rings is 1. The Kier molecular flexibility index (Phi) is 3.86. The molecule has 0 spiro atoms. The number of carbonyl (C=O) groups excluding carboxylic acids is 1. The predicted molar refractivity (Wildman–Crippen MR) is 53.8 cm³/mol. The van der Waals surface area contributed by atoms with Crippen LogP contribution in [-0.2, 0) is 4.79 Å². The summed E-state index contributed by atoms with van der Waals surface area (Å²) in [6.07, 6.45) is 1.07. The first-order chi connectivity index (χ1) is 6.54. The molecule has 1 aliphatic rings. The fourth-order valence-electron chi connectivity index (χ4n) is 1.52. The Labute approximate surface area is 84.4 Å². The van der Waals surface area contributed by atoms with Crippen LogP contribution >= 0.6 is 0 Å². The summed E-state index contributed by atoms with van der Waals surface area (Å²) in [5.41, 5.74) is -1.69. The van der Waals surface area contributed by atoms with Crippen molar-refractivity contribution in [3.63, 3.8) is 0 Å². The van der Waals surface area contributed by atoms with E-state index in [1.807, 2.05) is 13.8 Å². The second-order valence-electron chi connectivity index (χ2n) is 4.35. The average Bonchev–Trinajstić information content (AvgIpc) is 2.15. The molecule has 0 saturated carbocycles. The lowest BCUT2D eigenvalue weighted by atomic mass is 9.95. The molecule has 1 amide bonds. The smallest absolute Gasteiger partial charge is 0.259 e. The lowest BCUT2D eigenvalue weighted by molar-refractivity contribution is -0.134. The van der Waals surface area contributed by atoms with Crippen LogP contribution < -0.4 is 10.6 Å². The zero-order chi connectivity index (χ0) is 10.6. The Morgan fingerprint density at radius 1 is 1.64 bits per heavy atom. The highest BCUT2D eigenvalue weighted by Gasteiger charge is 2.39. The van der Waals surface area contributed by atoms with Gasteiger partial charge in [0, 0.05) is 13.1 Å². The molecule has 1 fully saturated rings. The first-order valence-electron chi connectivity index (χ1n) is 5.22. The van der Waals surface area contributed by atoms with Crippen LogP contribution in [-0.4, -0.2) is 31.2 Å². The maximum atomic E-state index is 13.9. The van der Waals surface area contributed by atoms with Gasteiger partial charge in [0.25, 0.3) is 5.91 Å². The van der Waals surface area contributed by atoms with Crippen LogP contribution in [0.1, 0.15) is 26.7 Å². The Hall–Kier alpha value is -0.640. The number of nitrogens with one attached hydrogen (secondary N) is 2. The van der Waals surface area contributed by atoms with Crippen LogP contribution in [0, 0.1) is 5.92 Å². The lowest BCUT2D eigenvalue weighted by Gasteiger charge is -2.29. The third-order valence-electron chi connectivity index (χ3n) is 2.41. The highest BCUT2D eigenvalue weighted by atomic mass is 19.1. The standard InChI is InChI=1S/C10H19FN2O/c1-8(2)6-13-9(14)10(11)4-3-5-12-7-10/h8,12H,3-7H2,1-2H3,(H,13,14). The fourth-order valence-corrected chi connectivity index (χ4v) is 1.52. The van der Waals surface area contributed by atoms with Crippen molar-refractivity contribution in [2.24, 2.45) is 5.92 Å². The molecular formula is C10H19FN2O. The molecule has 2 N–H and O–H groups in total. The Morgan fingerprint density at radius 2 is 2.36 bits per heavy atom. The summed E-state index contributed by atoms with van der Waals surface area (Å²) in [5, 5.41) is 5.55. The van der Waals surface area contributed by atoms with E-state index < -0.39 is 11.6 Å². The fraction of sp³-hybridized carbons (Fsp3) is 0.900. The van der Waals surface area contributed by atoms with Crippen LogP contribution in [0.4, 0.5) is 4.39 Å². The van der Waals surface area contributed by atoms with E-state index in [0.717, 1.165) is 13.0 Å². The van der Waals surface area contributed by atoms with Crippen molar-refractivity contribution in [3.8, 4) is 0 Å². The van der Waals surface area contributed by atoms with Crippen molar-refractivity contribution in [1.82, 2.24) is 10.6 Å². The molecular weight excluding hydrogens is 183 g/mol. The van der Waals surface area contributed by atoms with Gasteiger partial charge in [0.15, 0.2) is 0 Å². The minimum absolute atomic E-state index is 0.150. The molecule has 3 nitrogen and oxygen atoms in total. The second kappa shape index (κ2) is 4.73. The normalized spacial score (nSPS) is 27.7. The van der Waals surface area contributed by atoms with Crippen LogP contribution in [0.5, 0.6) is 0 Å². The van der Waals surface area contributed by atoms with Crippen LogP contribution in [0.2, 0.25) is 0 Å². The van der Waals surface area contributed by atoms with Gasteiger partial charge in [0.1, 0.15) is 0 Å². The van der Waals surface area contributed by atoms with Gasteiger partial charge < -0.3 is 10.6 Å². The third kappa shape index (κ3) is 2.94. The third-order valence-corrected chi connectivity index (χ3v) is 2.41. The summed E-state index contributed by atoms with van der Waals surface area (Å²) in [6.45, 7) is 5.49. The number of hydrogen-bond donors (Lipinski definition) is 2. The van der Waals surface area contributed by atoms with Crippen molar-refractivity contribution >= 4 is 5.91 Å². The molecule has 1 heterocycles. The number of hydrogen-bond acceptors (Lipinski definition) is 2. The maximum absolute atomic E-state index is 13.9. The number of carbonyl (C=O) groups is 1. The van der Waals surface area contributed by atoms with Crippen molar-refractivity contribution < 1.29 is 9.18 Å². The molecule has 4 heteroatoms. The highest BCUT2D eigenvalue weighted by Crippen LogP contribution is 2.20. The van der Waals surface area contributed by atoms with Gasteiger partial charge in [-0.1, -0.05) is 13.8 Å². The molecule has 1 rings (SSSR count). The maximum Gasteiger partial charge on any atom is 0.259 e. The lowest BCUT2D eigenvalue weighted by Crippen LogP contribution is -2.53. The van der Waals surface area contributed by atoms with E-state index in [4.69, 9.17) is 0 Å². The van der Waals surface area contributed by atoms with E-state index in [1.54, 1.807) is 0 Å². The minimum Gasteiger partial charge on any atom is -0.353 e. The summed E-state index contributed by atoms with van der Waals surface area (Å²) < 4.78 is 13.9. The molecule has 1 aliphatic heterocycles. The molecule has 82 valence electrons. The summed E-state index contributed by atoms with van der Waals surface area (Å²) >= 11 is 0. The molecule has 0 radical (unpaired) electrons. The number of halogens is 1. The molecule has 0 aromatic carbocycles. The van der Waals surface area contributed by atoms with Gasteiger partial charge >= 0.3 is 0 Å². The van der Waals surface area contributed by atoms with E-state index in [-0.39, 0.29) is 6.54 Å². The predicted octanol–water partition coefficient (Wildman–Crippen LogP) is 0.850. The quantitative estimate of drug-likeness (QED) is 0.712. The topological polar surface area (TPSA) is 41.1 Å². The zero-order valence-corrected chi connectivity index (χ0v) is 8.90. The zero-order valence-electron chi connectivity index (χ0n) is 8.90. The van der Waals surface area contributed by atoms with Crippen molar-refractivity contribution in [2.45, 2.75) is 32.4 Å². The summed E-state index contributed by atoms with van der Waals surface area (Å²) in [4.78, 5) is 11.5. The van der Waals surface area contributed by atoms with E-state index in [1.165, 1.54) is 0 Å². The van der Waals surface area contributed by atoms with Crippen LogP contribution in [0.3, 0.4) is 0 Å². The van der Waals surface area contributed by atoms with Crippen molar-refractivity contribution in [1.29, 1.82) is 0 Å². The second-order valence-corrected chi connectivity index (χ2v) is 4.35. The van der Waals surface area contributed by atoms with Gasteiger partial charge in [-0.15, -0.1) is 0 Å². The van der Waals surface area contributed by atoms with E-state index >= 15 is 0 Å². The number of rotatable bonds is 3. The number of alkyl halides is 1. The van der Waals surface area contributed by atoms with Gasteiger partial charge in [0.05, 0.1) is 0 Å². The van der Waals surface area contributed by atoms with E-state index in [0.29, 0.717) is 18.9 Å². The molecule has 0 aromatic rings. The van der Waals surface area contributed by atoms with E-state index in [2.05, 4.69) is 10.6 Å². The molecule has 1 saturated heterocycles. The van der Waals surface area contributed by atoms with Gasteiger partial charge in [-0.3, -0.25) is 4.79 Å². The molecule has 1 atom stereocenters. The van der Waals surface area contributed by atoms with Crippen molar-refractivity contribution in [2.75, 3.05) is 19.6 Å². The Bertz CT molecular complexity index is 200. The van der Waals surface area contributed by atoms with Gasteiger partial charge in [0.2, 0.25) is 5.67 Å². The molecule has 0 aromatic heterocycles. The molecule has 1 unspecified atom stereocenters. The van der Waals surface area contributed by atoms with Gasteiger partial charge in [-0.05, 0) is 25.3 Å². The SMILES string of the molecule is CC(C)CNC(=O)C1(F)CCCNC1. The minimum atomic E-state index is -1.69. The monoisotopic (exact) mass is 202 g/mol. The Morgan fingerprint density at radius 3 is 2.86 bits per heavy atom. The first kappa shape index (κ1) is 11.4. The average molecular weight is 202 g/mol. The molecule has 14 heavy (non-hydrogen) atoms. The Balaban J connectivity index is 2.41.